The maximum atomic E-state index is 10.4. The van der Waals surface area contributed by atoms with E-state index in [1.54, 1.807) is 0 Å². The van der Waals surface area contributed by atoms with Crippen molar-refractivity contribution in [3.05, 3.63) is 0 Å². The Labute approximate surface area is 37.7 Å². The van der Waals surface area contributed by atoms with Gasteiger partial charge in [-0.25, -0.2) is 0 Å². The van der Waals surface area contributed by atoms with Crippen molar-refractivity contribution in [1.82, 2.24) is 0 Å². The Morgan fingerprint density at radius 1 is 0.857 bits per heavy atom. The summed E-state index contributed by atoms with van der Waals surface area (Å²) in [6.07, 6.45) is 0. The minimum atomic E-state index is -10.2. The van der Waals surface area contributed by atoms with Crippen molar-refractivity contribution in [2.75, 3.05) is 0 Å². The molecule has 2 N–H and O–H groups in total. The molecule has 7 heteroatoms. The summed E-state index contributed by atoms with van der Waals surface area (Å²) >= 11 is -10.2. The van der Waals surface area contributed by atoms with Gasteiger partial charge in [0, 0.05) is 0 Å². The first-order valence-electron chi connectivity index (χ1n) is 0.982. The third kappa shape index (κ3) is 684. The molecule has 0 unspecified atom stereocenters. The normalized spacial score (nSPS) is 23.1. The summed E-state index contributed by atoms with van der Waals surface area (Å²) < 4.78 is 54.5. The summed E-state index contributed by atoms with van der Waals surface area (Å²) in [5.74, 6) is 0. The molecule has 0 saturated carbocycles. The second kappa shape index (κ2) is 0.796. The quantitative estimate of drug-likeness (QED) is 0.466. The zero-order valence-corrected chi connectivity index (χ0v) is 5.14. The first-order chi connectivity index (χ1) is 2.45. The Morgan fingerprint density at radius 3 is 0.857 bits per heavy atom. The van der Waals surface area contributed by atoms with E-state index in [0.717, 1.165) is 0 Å². The van der Waals surface area contributed by atoms with Crippen LogP contribution in [-0.4, -0.2) is 25.5 Å². The molecule has 0 saturated heterocycles. The van der Waals surface area contributed by atoms with E-state index in [0.29, 0.717) is 0 Å². The summed E-state index contributed by atoms with van der Waals surface area (Å²) in [5, 5.41) is 0. The molecule has 7 heavy (non-hydrogen) atoms. The first-order valence-corrected chi connectivity index (χ1v) is 6.59. The zero-order chi connectivity index (χ0) is 6.41. The molecule has 0 aromatic carbocycles. The fourth-order valence-corrected chi connectivity index (χ4v) is 0. The van der Waals surface area contributed by atoms with Gasteiger partial charge in [-0.3, -0.25) is 0 Å². The molecule has 0 aromatic heterocycles. The zero-order valence-electron chi connectivity index (χ0n) is 2.81. The molecule has 48 valence electrons. The molecule has 0 radical (unpaired) electrons. The van der Waals surface area contributed by atoms with Crippen molar-refractivity contribution >= 4 is 18.5 Å². The van der Waals surface area contributed by atoms with Gasteiger partial charge in [-0.1, -0.05) is 0 Å². The van der Waals surface area contributed by atoms with Gasteiger partial charge >= 0.3 is 37.0 Å². The molecular weight excluding hydrogens is 236 g/mol. The summed E-state index contributed by atoms with van der Waals surface area (Å²) in [5.41, 5.74) is 0. The second-order valence-electron chi connectivity index (χ2n) is 0.984. The predicted octanol–water partition coefficient (Wildman–Crippen LogP) is 0.186. The molecule has 0 aromatic rings. The van der Waals surface area contributed by atoms with Gasteiger partial charge in [-0.15, -0.1) is 0 Å². The molecule has 0 fully saturated rings. The van der Waals surface area contributed by atoms with Crippen molar-refractivity contribution in [1.29, 1.82) is 0 Å². The van der Waals surface area contributed by atoms with Crippen LogP contribution in [0, 0.1) is 0 Å². The number of hydrogen-bond donors (Lipinski definition) is 2. The van der Waals surface area contributed by atoms with E-state index in [-0.39, 0.29) is 0 Å². The Balaban J connectivity index is 4.43. The number of halogens is 4. The van der Waals surface area contributed by atoms with Crippen LogP contribution < -0.4 is 0 Å². The predicted molar refractivity (Wildman–Crippen MR) is 14.6 cm³/mol. The van der Waals surface area contributed by atoms with E-state index < -0.39 is 18.5 Å². The molecule has 0 atom stereocenters. The van der Waals surface area contributed by atoms with Crippen molar-refractivity contribution in [2.45, 2.75) is 0 Å². The Bertz CT molecular complexity index is 68.3. The van der Waals surface area contributed by atoms with Crippen molar-refractivity contribution < 1.29 is 18.5 Å². The van der Waals surface area contributed by atoms with Crippen LogP contribution in [-0.2, 0) is 0 Å². The molecule has 0 aliphatic rings. The van der Waals surface area contributed by atoms with E-state index in [4.69, 9.17) is 6.94 Å². The molecule has 0 heterocycles. The van der Waals surface area contributed by atoms with E-state index in [2.05, 4.69) is 0 Å². The van der Waals surface area contributed by atoms with E-state index >= 15 is 0 Å². The minimum absolute atomic E-state index is 6.53. The fraction of sp³-hybridized carbons (Fsp3) is 0. The maximum absolute atomic E-state index is 10.4. The third-order valence-corrected chi connectivity index (χ3v) is 0. The van der Waals surface area contributed by atoms with E-state index in [1.807, 2.05) is 0 Å². The molecule has 0 amide bonds. The van der Waals surface area contributed by atoms with Crippen LogP contribution in [0.5, 0.6) is 0 Å². The average molecular weight is 238 g/mol. The average Bonchev–Trinajstić information content (AvgIpc) is 0.592. The molecular formula is H2F4O2Te. The van der Waals surface area contributed by atoms with Gasteiger partial charge in [0.2, 0.25) is 0 Å². The van der Waals surface area contributed by atoms with E-state index in [9.17, 15) is 11.6 Å². The first kappa shape index (κ1) is 7.43. The number of hydrogen-bond acceptors (Lipinski definition) is 2. The van der Waals surface area contributed by atoms with Crippen LogP contribution in [0.1, 0.15) is 0 Å². The molecule has 0 spiro atoms. The SMILES string of the molecule is O[Te](O)(F)(F)(F)F. The van der Waals surface area contributed by atoms with Gasteiger partial charge < -0.3 is 0 Å². The van der Waals surface area contributed by atoms with Gasteiger partial charge in [0.25, 0.3) is 0 Å². The standard InChI is InChI=1S/F4H2O2Te/c1-7(2,3,4,5)6/h5-6H. The van der Waals surface area contributed by atoms with Crippen LogP contribution >= 0.6 is 0 Å². The van der Waals surface area contributed by atoms with Crippen molar-refractivity contribution in [2.24, 2.45) is 0 Å². The van der Waals surface area contributed by atoms with Crippen LogP contribution in [0.15, 0.2) is 0 Å². The molecule has 2 nitrogen and oxygen atoms in total. The number of rotatable bonds is 0. The summed E-state index contributed by atoms with van der Waals surface area (Å²) in [4.78, 5) is 0. The Hall–Kier alpha value is 0.430. The molecule has 0 aliphatic heterocycles. The van der Waals surface area contributed by atoms with Crippen molar-refractivity contribution in [3.8, 4) is 0 Å². The van der Waals surface area contributed by atoms with Gasteiger partial charge in [0.1, 0.15) is 0 Å². The topological polar surface area (TPSA) is 40.5 Å². The van der Waals surface area contributed by atoms with Crippen LogP contribution in [0.25, 0.3) is 0 Å². The van der Waals surface area contributed by atoms with Crippen LogP contribution in [0.2, 0.25) is 0 Å². The Kier molecular flexibility index (Phi) is 0.845. The summed E-state index contributed by atoms with van der Waals surface area (Å²) in [6, 6.07) is 0. The van der Waals surface area contributed by atoms with Gasteiger partial charge in [-0.05, 0) is 0 Å². The van der Waals surface area contributed by atoms with Crippen molar-refractivity contribution in [3.63, 3.8) is 0 Å². The van der Waals surface area contributed by atoms with Gasteiger partial charge in [0.15, 0.2) is 0 Å². The van der Waals surface area contributed by atoms with E-state index in [1.165, 1.54) is 0 Å². The molecule has 0 rings (SSSR count). The summed E-state index contributed by atoms with van der Waals surface area (Å²) in [6.45, 7) is 0. The fourth-order valence-electron chi connectivity index (χ4n) is 0. The van der Waals surface area contributed by atoms with Gasteiger partial charge in [-0.2, -0.15) is 0 Å². The molecule has 0 bridgehead atoms. The third-order valence-electron chi connectivity index (χ3n) is 0. The monoisotopic (exact) mass is 240 g/mol. The Morgan fingerprint density at radius 2 is 0.857 bits per heavy atom. The van der Waals surface area contributed by atoms with Crippen LogP contribution in [0.3, 0.4) is 0 Å². The molecule has 0 aliphatic carbocycles. The van der Waals surface area contributed by atoms with Crippen LogP contribution in [0.4, 0.5) is 11.6 Å². The van der Waals surface area contributed by atoms with Gasteiger partial charge in [0.05, 0.1) is 0 Å². The summed E-state index contributed by atoms with van der Waals surface area (Å²) in [7, 11) is 0. The second-order valence-corrected chi connectivity index (χ2v) is 6.60.